The lowest BCUT2D eigenvalue weighted by Gasteiger charge is -2.03. The van der Waals surface area contributed by atoms with E-state index in [1.807, 2.05) is 30.8 Å². The minimum absolute atomic E-state index is 0.777. The van der Waals surface area contributed by atoms with E-state index in [1.165, 1.54) is 31.3 Å². The molecule has 6 heteroatoms. The molecule has 0 fully saturated rings. The van der Waals surface area contributed by atoms with Gasteiger partial charge in [-0.2, -0.15) is 0 Å². The van der Waals surface area contributed by atoms with Crippen LogP contribution in [0, 0.1) is 6.92 Å². The van der Waals surface area contributed by atoms with Crippen LogP contribution in [-0.2, 0) is 17.7 Å². The van der Waals surface area contributed by atoms with Gasteiger partial charge >= 0.3 is 0 Å². The molecule has 0 aromatic carbocycles. The van der Waals surface area contributed by atoms with Crippen molar-refractivity contribution in [1.29, 1.82) is 0 Å². The van der Waals surface area contributed by atoms with Crippen molar-refractivity contribution in [3.05, 3.63) is 29.9 Å². The van der Waals surface area contributed by atoms with Gasteiger partial charge in [-0.1, -0.05) is 24.4 Å². The number of aryl methyl sites for hydroxylation is 3. The van der Waals surface area contributed by atoms with Gasteiger partial charge < -0.3 is 13.3 Å². The van der Waals surface area contributed by atoms with Gasteiger partial charge in [-0.15, -0.1) is 0 Å². The molecule has 0 unspecified atom stereocenters. The first-order valence-electron chi connectivity index (χ1n) is 7.44. The number of nitrogens with zero attached hydrogens (tertiary/aromatic N) is 3. The van der Waals surface area contributed by atoms with Crippen LogP contribution in [0.1, 0.15) is 43.6 Å². The van der Waals surface area contributed by atoms with Crippen molar-refractivity contribution in [1.82, 2.24) is 14.7 Å². The third-order valence-electron chi connectivity index (χ3n) is 3.24. The van der Waals surface area contributed by atoms with Crippen LogP contribution in [0.2, 0.25) is 0 Å². The van der Waals surface area contributed by atoms with E-state index in [1.54, 1.807) is 6.20 Å². The van der Waals surface area contributed by atoms with Crippen molar-refractivity contribution in [2.24, 2.45) is 7.05 Å². The van der Waals surface area contributed by atoms with Gasteiger partial charge in [0.2, 0.25) is 0 Å². The third kappa shape index (κ3) is 5.93. The number of rotatable bonds is 10. The molecule has 2 aromatic heterocycles. The summed E-state index contributed by atoms with van der Waals surface area (Å²) in [5.74, 6) is 1.00. The van der Waals surface area contributed by atoms with E-state index < -0.39 is 0 Å². The SMILES string of the molecule is Cc1cc(CCCCCCCOSc2nccn2C)on1. The monoisotopic (exact) mass is 309 g/mol. The lowest BCUT2D eigenvalue weighted by Crippen LogP contribution is -1.92. The topological polar surface area (TPSA) is 53.1 Å². The minimum atomic E-state index is 0.777. The van der Waals surface area contributed by atoms with Gasteiger partial charge in [0, 0.05) is 31.9 Å². The molecule has 0 aliphatic rings. The van der Waals surface area contributed by atoms with Gasteiger partial charge in [0.1, 0.15) is 5.76 Å². The highest BCUT2D eigenvalue weighted by molar-refractivity contribution is 7.94. The van der Waals surface area contributed by atoms with Gasteiger partial charge in [0.15, 0.2) is 5.16 Å². The molecule has 2 aromatic rings. The Balaban J connectivity index is 1.41. The van der Waals surface area contributed by atoms with Crippen LogP contribution in [0.3, 0.4) is 0 Å². The van der Waals surface area contributed by atoms with Crippen LogP contribution >= 0.6 is 12.0 Å². The summed E-state index contributed by atoms with van der Waals surface area (Å²) in [7, 11) is 1.97. The summed E-state index contributed by atoms with van der Waals surface area (Å²) in [6.45, 7) is 2.73. The molecule has 0 atom stereocenters. The van der Waals surface area contributed by atoms with E-state index >= 15 is 0 Å². The molecule has 0 aliphatic carbocycles. The Hall–Kier alpha value is -1.27. The molecule has 21 heavy (non-hydrogen) atoms. The smallest absolute Gasteiger partial charge is 0.195 e. The maximum atomic E-state index is 5.55. The van der Waals surface area contributed by atoms with Crippen LogP contribution in [-0.4, -0.2) is 21.3 Å². The van der Waals surface area contributed by atoms with Crippen LogP contribution in [0.15, 0.2) is 28.1 Å². The summed E-state index contributed by atoms with van der Waals surface area (Å²) in [5, 5.41) is 4.79. The summed E-state index contributed by atoms with van der Waals surface area (Å²) < 4.78 is 12.7. The van der Waals surface area contributed by atoms with E-state index in [4.69, 9.17) is 8.71 Å². The molecule has 0 bridgehead atoms. The van der Waals surface area contributed by atoms with E-state index in [0.29, 0.717) is 0 Å². The Kier molecular flexibility index (Phi) is 6.82. The molecule has 0 N–H and O–H groups in total. The van der Waals surface area contributed by atoms with Crippen molar-refractivity contribution < 1.29 is 8.71 Å². The van der Waals surface area contributed by atoms with Crippen LogP contribution in [0.5, 0.6) is 0 Å². The van der Waals surface area contributed by atoms with Crippen LogP contribution in [0.25, 0.3) is 0 Å². The number of hydrogen-bond acceptors (Lipinski definition) is 5. The van der Waals surface area contributed by atoms with Crippen molar-refractivity contribution in [3.63, 3.8) is 0 Å². The Morgan fingerprint density at radius 2 is 2.05 bits per heavy atom. The first kappa shape index (κ1) is 16.1. The Morgan fingerprint density at radius 3 is 2.76 bits per heavy atom. The number of imidazole rings is 1. The zero-order chi connectivity index (χ0) is 14.9. The molecule has 0 radical (unpaired) electrons. The van der Waals surface area contributed by atoms with Gasteiger partial charge in [0.05, 0.1) is 24.3 Å². The zero-order valence-corrected chi connectivity index (χ0v) is 13.6. The largest absolute Gasteiger partial charge is 0.361 e. The molecule has 2 rings (SSSR count). The van der Waals surface area contributed by atoms with Crippen molar-refractivity contribution >= 4 is 12.0 Å². The van der Waals surface area contributed by atoms with Crippen molar-refractivity contribution in [2.45, 2.75) is 50.6 Å². The average Bonchev–Trinajstić information content (AvgIpc) is 3.06. The average molecular weight is 309 g/mol. The van der Waals surface area contributed by atoms with Gasteiger partial charge in [-0.05, 0) is 19.8 Å². The maximum Gasteiger partial charge on any atom is 0.195 e. The second-order valence-corrected chi connectivity index (χ2v) is 5.95. The predicted octanol–water partition coefficient (Wildman–Crippen LogP) is 3.93. The molecule has 0 saturated heterocycles. The van der Waals surface area contributed by atoms with Gasteiger partial charge in [-0.3, -0.25) is 0 Å². The summed E-state index contributed by atoms with van der Waals surface area (Å²) >= 11 is 1.35. The van der Waals surface area contributed by atoms with E-state index in [9.17, 15) is 0 Å². The van der Waals surface area contributed by atoms with E-state index in [2.05, 4.69) is 10.1 Å². The van der Waals surface area contributed by atoms with Crippen molar-refractivity contribution in [3.8, 4) is 0 Å². The normalized spacial score (nSPS) is 11.1. The molecule has 116 valence electrons. The predicted molar refractivity (Wildman–Crippen MR) is 83.0 cm³/mol. The lowest BCUT2D eigenvalue weighted by atomic mass is 10.1. The maximum absolute atomic E-state index is 5.55. The van der Waals surface area contributed by atoms with Crippen LogP contribution in [0.4, 0.5) is 0 Å². The summed E-state index contributed by atoms with van der Waals surface area (Å²) in [5.41, 5.74) is 0.965. The summed E-state index contributed by atoms with van der Waals surface area (Å²) in [6.07, 6.45) is 10.6. The first-order valence-corrected chi connectivity index (χ1v) is 8.19. The fraction of sp³-hybridized carbons (Fsp3) is 0.600. The Labute approximate surface area is 130 Å². The molecular weight excluding hydrogens is 286 g/mol. The third-order valence-corrected chi connectivity index (χ3v) is 4.07. The minimum Gasteiger partial charge on any atom is -0.361 e. The Bertz CT molecular complexity index is 524. The molecule has 0 saturated carbocycles. The van der Waals surface area contributed by atoms with Gasteiger partial charge in [-0.25, -0.2) is 4.98 Å². The zero-order valence-electron chi connectivity index (χ0n) is 12.7. The number of unbranched alkanes of at least 4 members (excludes halogenated alkanes) is 4. The first-order chi connectivity index (χ1) is 10.3. The Morgan fingerprint density at radius 1 is 1.24 bits per heavy atom. The fourth-order valence-corrected chi connectivity index (χ4v) is 2.64. The molecule has 0 amide bonds. The number of aromatic nitrogens is 3. The molecule has 0 aliphatic heterocycles. The van der Waals surface area contributed by atoms with Crippen molar-refractivity contribution in [2.75, 3.05) is 6.61 Å². The van der Waals surface area contributed by atoms with E-state index in [-0.39, 0.29) is 0 Å². The summed E-state index contributed by atoms with van der Waals surface area (Å²) in [4.78, 5) is 4.19. The second kappa shape index (κ2) is 8.89. The lowest BCUT2D eigenvalue weighted by molar-refractivity contribution is 0.350. The quantitative estimate of drug-likeness (QED) is 0.491. The van der Waals surface area contributed by atoms with E-state index in [0.717, 1.165) is 42.5 Å². The standard InChI is InChI=1S/C15H23N3O2S/c1-13-12-14(20-17-13)8-6-4-3-5-7-11-19-21-15-16-9-10-18(15)2/h9-10,12H,3-8,11H2,1-2H3. The second-order valence-electron chi connectivity index (χ2n) is 5.18. The highest BCUT2D eigenvalue weighted by Crippen LogP contribution is 2.16. The fourth-order valence-electron chi connectivity index (χ4n) is 2.05. The van der Waals surface area contributed by atoms with Crippen LogP contribution < -0.4 is 0 Å². The molecule has 0 spiro atoms. The molecular formula is C15H23N3O2S. The summed E-state index contributed by atoms with van der Waals surface area (Å²) in [6, 6.07) is 2.02. The molecule has 2 heterocycles. The highest BCUT2D eigenvalue weighted by atomic mass is 32.2. The number of hydrogen-bond donors (Lipinski definition) is 0. The van der Waals surface area contributed by atoms with Gasteiger partial charge in [0.25, 0.3) is 0 Å². The highest BCUT2D eigenvalue weighted by Gasteiger charge is 2.01. The molecule has 5 nitrogen and oxygen atoms in total.